The quantitative estimate of drug-likeness (QED) is 0.749. The first kappa shape index (κ1) is 11.7. The van der Waals surface area contributed by atoms with Gasteiger partial charge in [-0.15, -0.1) is 0 Å². The molecular formula is C10H17N3O2. The molecule has 2 N–H and O–H groups in total. The summed E-state index contributed by atoms with van der Waals surface area (Å²) in [5, 5.41) is 15.6. The normalized spacial score (nSPS) is 12.5. The van der Waals surface area contributed by atoms with Crippen molar-refractivity contribution in [3.8, 4) is 0 Å². The van der Waals surface area contributed by atoms with Crippen LogP contribution in [0.5, 0.6) is 0 Å². The van der Waals surface area contributed by atoms with E-state index in [0.29, 0.717) is 12.1 Å². The lowest BCUT2D eigenvalue weighted by molar-refractivity contribution is 0.0925. The molecule has 1 unspecified atom stereocenters. The van der Waals surface area contributed by atoms with E-state index >= 15 is 0 Å². The van der Waals surface area contributed by atoms with Gasteiger partial charge in [-0.2, -0.15) is 5.10 Å². The van der Waals surface area contributed by atoms with Crippen LogP contribution < -0.4 is 5.32 Å². The van der Waals surface area contributed by atoms with Crippen LogP contribution in [0.2, 0.25) is 0 Å². The molecule has 0 aliphatic heterocycles. The van der Waals surface area contributed by atoms with E-state index in [9.17, 15) is 4.79 Å². The topological polar surface area (TPSA) is 67.2 Å². The highest BCUT2D eigenvalue weighted by molar-refractivity contribution is 5.92. The molecule has 1 heterocycles. The highest BCUT2D eigenvalue weighted by atomic mass is 16.3. The van der Waals surface area contributed by atoms with Crippen LogP contribution in [-0.4, -0.2) is 33.4 Å². The Labute approximate surface area is 89.1 Å². The average Bonchev–Trinajstić information content (AvgIpc) is 2.45. The molecule has 5 nitrogen and oxygen atoms in total. The maximum Gasteiger partial charge on any atom is 0.269 e. The van der Waals surface area contributed by atoms with Crippen molar-refractivity contribution in [2.75, 3.05) is 6.61 Å². The van der Waals surface area contributed by atoms with Crippen LogP contribution >= 0.6 is 0 Å². The van der Waals surface area contributed by atoms with E-state index in [1.807, 2.05) is 13.8 Å². The fourth-order valence-electron chi connectivity index (χ4n) is 1.39. The predicted octanol–water partition coefficient (Wildman–Crippen LogP) is 0.229. The zero-order valence-electron chi connectivity index (χ0n) is 9.32. The van der Waals surface area contributed by atoms with Gasteiger partial charge in [0.25, 0.3) is 5.91 Å². The molecule has 0 aromatic carbocycles. The molecule has 1 aromatic rings. The number of carbonyl (C=O) groups is 1. The van der Waals surface area contributed by atoms with Gasteiger partial charge in [-0.1, -0.05) is 0 Å². The Balaban J connectivity index is 2.65. The summed E-state index contributed by atoms with van der Waals surface area (Å²) in [6, 6.07) is 1.71. The first-order valence-corrected chi connectivity index (χ1v) is 4.97. The van der Waals surface area contributed by atoms with Crippen LogP contribution in [0.25, 0.3) is 0 Å². The molecule has 1 rings (SSSR count). The lowest BCUT2D eigenvalue weighted by atomic mass is 10.2. The third kappa shape index (κ3) is 3.06. The molecule has 5 heteroatoms. The van der Waals surface area contributed by atoms with Gasteiger partial charge in [0, 0.05) is 19.7 Å². The number of rotatable bonds is 4. The number of nitrogens with zero attached hydrogens (tertiary/aromatic N) is 2. The highest BCUT2D eigenvalue weighted by Crippen LogP contribution is 2.02. The zero-order chi connectivity index (χ0) is 11.4. The Morgan fingerprint density at radius 1 is 1.73 bits per heavy atom. The number of hydrogen-bond donors (Lipinski definition) is 2. The maximum absolute atomic E-state index is 11.7. The van der Waals surface area contributed by atoms with Crippen molar-refractivity contribution >= 4 is 5.91 Å². The van der Waals surface area contributed by atoms with Gasteiger partial charge in [0.05, 0.1) is 5.69 Å². The van der Waals surface area contributed by atoms with E-state index < -0.39 is 0 Å². The van der Waals surface area contributed by atoms with Crippen molar-refractivity contribution < 1.29 is 9.90 Å². The van der Waals surface area contributed by atoms with Gasteiger partial charge in [-0.3, -0.25) is 9.48 Å². The number of carbonyl (C=O) groups excluding carboxylic acids is 1. The van der Waals surface area contributed by atoms with E-state index in [0.717, 1.165) is 5.69 Å². The molecule has 0 saturated heterocycles. The smallest absolute Gasteiger partial charge is 0.269 e. The maximum atomic E-state index is 11.7. The van der Waals surface area contributed by atoms with Crippen LogP contribution in [0.3, 0.4) is 0 Å². The van der Waals surface area contributed by atoms with Crippen LogP contribution in [0.4, 0.5) is 0 Å². The Kier molecular flexibility index (Phi) is 3.85. The minimum atomic E-state index is -0.154. The Bertz CT molecular complexity index is 346. The molecule has 0 bridgehead atoms. The summed E-state index contributed by atoms with van der Waals surface area (Å²) in [6.45, 7) is 3.77. The number of aryl methyl sites for hydroxylation is 2. The fraction of sp³-hybridized carbons (Fsp3) is 0.600. The molecule has 0 saturated carbocycles. The minimum absolute atomic E-state index is 0.0299. The fourth-order valence-corrected chi connectivity index (χ4v) is 1.39. The SMILES string of the molecule is Cc1cc(C(=O)NC(C)CCO)n(C)n1. The van der Waals surface area contributed by atoms with Gasteiger partial charge < -0.3 is 10.4 Å². The summed E-state index contributed by atoms with van der Waals surface area (Å²) < 4.78 is 1.55. The number of nitrogens with one attached hydrogen (secondary N) is 1. The van der Waals surface area contributed by atoms with E-state index in [-0.39, 0.29) is 18.6 Å². The van der Waals surface area contributed by atoms with E-state index in [1.54, 1.807) is 17.8 Å². The van der Waals surface area contributed by atoms with Crippen LogP contribution in [0, 0.1) is 6.92 Å². The van der Waals surface area contributed by atoms with Crippen molar-refractivity contribution in [2.24, 2.45) is 7.05 Å². The second-order valence-corrected chi connectivity index (χ2v) is 3.68. The lowest BCUT2D eigenvalue weighted by Crippen LogP contribution is -2.34. The minimum Gasteiger partial charge on any atom is -0.396 e. The molecule has 84 valence electrons. The van der Waals surface area contributed by atoms with Gasteiger partial charge in [0.2, 0.25) is 0 Å². The van der Waals surface area contributed by atoms with E-state index in [2.05, 4.69) is 10.4 Å². The van der Waals surface area contributed by atoms with Crippen LogP contribution in [-0.2, 0) is 7.05 Å². The first-order chi connectivity index (χ1) is 7.04. The van der Waals surface area contributed by atoms with Crippen molar-refractivity contribution in [2.45, 2.75) is 26.3 Å². The Morgan fingerprint density at radius 2 is 2.40 bits per heavy atom. The monoisotopic (exact) mass is 211 g/mol. The van der Waals surface area contributed by atoms with E-state index in [4.69, 9.17) is 5.11 Å². The Morgan fingerprint density at radius 3 is 2.87 bits per heavy atom. The number of hydrogen-bond acceptors (Lipinski definition) is 3. The lowest BCUT2D eigenvalue weighted by Gasteiger charge is -2.11. The van der Waals surface area contributed by atoms with Crippen LogP contribution in [0.15, 0.2) is 6.07 Å². The van der Waals surface area contributed by atoms with Gasteiger partial charge in [-0.05, 0) is 26.3 Å². The molecule has 0 aliphatic carbocycles. The largest absolute Gasteiger partial charge is 0.396 e. The van der Waals surface area contributed by atoms with Gasteiger partial charge in [-0.25, -0.2) is 0 Å². The van der Waals surface area contributed by atoms with Gasteiger partial charge in [0.1, 0.15) is 5.69 Å². The average molecular weight is 211 g/mol. The molecule has 15 heavy (non-hydrogen) atoms. The molecule has 0 aliphatic rings. The number of aliphatic hydroxyl groups is 1. The van der Waals surface area contributed by atoms with Crippen molar-refractivity contribution in [1.82, 2.24) is 15.1 Å². The number of aromatic nitrogens is 2. The molecule has 1 aromatic heterocycles. The van der Waals surface area contributed by atoms with Crippen molar-refractivity contribution in [3.63, 3.8) is 0 Å². The molecule has 1 amide bonds. The van der Waals surface area contributed by atoms with Crippen molar-refractivity contribution in [1.29, 1.82) is 0 Å². The summed E-state index contributed by atoms with van der Waals surface area (Å²) in [4.78, 5) is 11.7. The highest BCUT2D eigenvalue weighted by Gasteiger charge is 2.13. The molecule has 1 atom stereocenters. The van der Waals surface area contributed by atoms with Crippen molar-refractivity contribution in [3.05, 3.63) is 17.5 Å². The molecule has 0 radical (unpaired) electrons. The van der Waals surface area contributed by atoms with E-state index in [1.165, 1.54) is 0 Å². The van der Waals surface area contributed by atoms with Gasteiger partial charge in [0.15, 0.2) is 0 Å². The third-order valence-corrected chi connectivity index (χ3v) is 2.17. The summed E-state index contributed by atoms with van der Waals surface area (Å²) in [5.74, 6) is -0.154. The Hall–Kier alpha value is -1.36. The third-order valence-electron chi connectivity index (χ3n) is 2.17. The molecular weight excluding hydrogens is 194 g/mol. The molecule has 0 fully saturated rings. The number of amides is 1. The number of aliphatic hydroxyl groups excluding tert-OH is 1. The van der Waals surface area contributed by atoms with Crippen LogP contribution in [0.1, 0.15) is 29.5 Å². The van der Waals surface area contributed by atoms with Gasteiger partial charge >= 0.3 is 0 Å². The zero-order valence-corrected chi connectivity index (χ0v) is 9.32. The molecule has 0 spiro atoms. The second-order valence-electron chi connectivity index (χ2n) is 3.68. The summed E-state index contributed by atoms with van der Waals surface area (Å²) in [6.07, 6.45) is 0.558. The first-order valence-electron chi connectivity index (χ1n) is 4.97. The summed E-state index contributed by atoms with van der Waals surface area (Å²) in [5.41, 5.74) is 1.36. The summed E-state index contributed by atoms with van der Waals surface area (Å²) in [7, 11) is 1.73. The predicted molar refractivity (Wildman–Crippen MR) is 56.6 cm³/mol. The standard InChI is InChI=1S/C10H17N3O2/c1-7(4-5-14)11-10(15)9-6-8(2)12-13(9)3/h6-7,14H,4-5H2,1-3H3,(H,11,15). The second kappa shape index (κ2) is 4.93. The summed E-state index contributed by atoms with van der Waals surface area (Å²) >= 11 is 0.